The van der Waals surface area contributed by atoms with Crippen LogP contribution in [0.4, 0.5) is 0 Å². The molecule has 0 atom stereocenters. The van der Waals surface area contributed by atoms with Gasteiger partial charge in [0, 0.05) is 0 Å². The van der Waals surface area contributed by atoms with Gasteiger partial charge in [0.1, 0.15) is 11.5 Å². The molecule has 0 aliphatic rings. The summed E-state index contributed by atoms with van der Waals surface area (Å²) >= 11 is 0. The van der Waals surface area contributed by atoms with Crippen LogP contribution in [0.3, 0.4) is 0 Å². The van der Waals surface area contributed by atoms with E-state index >= 15 is 0 Å². The number of benzene rings is 1. The van der Waals surface area contributed by atoms with E-state index < -0.39 is 0 Å². The van der Waals surface area contributed by atoms with E-state index in [-0.39, 0.29) is 0 Å². The Kier molecular flexibility index (Phi) is 7.31. The van der Waals surface area contributed by atoms with Crippen LogP contribution >= 0.6 is 0 Å². The van der Waals surface area contributed by atoms with Crippen LogP contribution in [0.5, 0.6) is 11.5 Å². The summed E-state index contributed by atoms with van der Waals surface area (Å²) in [6.07, 6.45) is 9.00. The van der Waals surface area contributed by atoms with Gasteiger partial charge in [0.2, 0.25) is 0 Å². The van der Waals surface area contributed by atoms with Crippen LogP contribution in [0.15, 0.2) is 18.2 Å². The maximum absolute atomic E-state index is 5.38. The van der Waals surface area contributed by atoms with Gasteiger partial charge in [-0.25, -0.2) is 0 Å². The predicted octanol–water partition coefficient (Wildman–Crippen LogP) is 4.61. The topological polar surface area (TPSA) is 18.5 Å². The van der Waals surface area contributed by atoms with Crippen LogP contribution in [0.25, 0.3) is 0 Å². The van der Waals surface area contributed by atoms with Gasteiger partial charge in [-0.3, -0.25) is 0 Å². The van der Waals surface area contributed by atoms with E-state index in [1.807, 2.05) is 12.1 Å². The summed E-state index contributed by atoms with van der Waals surface area (Å²) in [6.45, 7) is 2.25. The molecule has 18 heavy (non-hydrogen) atoms. The quantitative estimate of drug-likeness (QED) is 0.596. The lowest BCUT2D eigenvalue weighted by Gasteiger charge is -2.10. The highest BCUT2D eigenvalue weighted by Gasteiger charge is 2.04. The van der Waals surface area contributed by atoms with Crippen molar-refractivity contribution in [1.29, 1.82) is 0 Å². The average molecular weight is 250 g/mol. The summed E-state index contributed by atoms with van der Waals surface area (Å²) in [7, 11) is 3.43. The maximum atomic E-state index is 5.38. The minimum Gasteiger partial charge on any atom is -0.497 e. The first-order chi connectivity index (χ1) is 8.81. The van der Waals surface area contributed by atoms with Crippen molar-refractivity contribution >= 4 is 0 Å². The van der Waals surface area contributed by atoms with Gasteiger partial charge < -0.3 is 9.47 Å². The number of methoxy groups -OCH3 is 2. The standard InChI is InChI=1S/C16H26O2/c1-4-5-6-7-8-9-10-14-13-15(17-2)11-12-16(14)18-3/h11-13H,4-10H2,1-3H3. The Balaban J connectivity index is 2.39. The zero-order chi connectivity index (χ0) is 13.2. The Labute approximate surface area is 111 Å². The molecule has 0 aliphatic heterocycles. The second-order valence-electron chi connectivity index (χ2n) is 4.70. The van der Waals surface area contributed by atoms with Crippen LogP contribution < -0.4 is 9.47 Å². The first kappa shape index (κ1) is 14.9. The minimum absolute atomic E-state index is 0.914. The molecule has 0 spiro atoms. The highest BCUT2D eigenvalue weighted by Crippen LogP contribution is 2.25. The van der Waals surface area contributed by atoms with E-state index in [1.54, 1.807) is 14.2 Å². The van der Waals surface area contributed by atoms with E-state index in [0.29, 0.717) is 0 Å². The number of hydrogen-bond donors (Lipinski definition) is 0. The largest absolute Gasteiger partial charge is 0.497 e. The SMILES string of the molecule is CCCCCCCCc1cc(OC)ccc1OC. The Morgan fingerprint density at radius 2 is 1.61 bits per heavy atom. The first-order valence-corrected chi connectivity index (χ1v) is 7.02. The molecule has 2 heteroatoms. The summed E-state index contributed by atoms with van der Waals surface area (Å²) in [4.78, 5) is 0. The fourth-order valence-electron chi connectivity index (χ4n) is 2.17. The van der Waals surface area contributed by atoms with E-state index in [1.165, 1.54) is 44.1 Å². The normalized spacial score (nSPS) is 10.4. The molecule has 1 aromatic carbocycles. The average Bonchev–Trinajstić information content (AvgIpc) is 2.42. The van der Waals surface area contributed by atoms with Crippen molar-refractivity contribution < 1.29 is 9.47 Å². The van der Waals surface area contributed by atoms with Crippen LogP contribution in [0, 0.1) is 0 Å². The highest BCUT2D eigenvalue weighted by atomic mass is 16.5. The van der Waals surface area contributed by atoms with Gasteiger partial charge in [-0.1, -0.05) is 39.0 Å². The Morgan fingerprint density at radius 1 is 0.889 bits per heavy atom. The second kappa shape index (κ2) is 8.84. The van der Waals surface area contributed by atoms with Crippen LogP contribution in [-0.4, -0.2) is 14.2 Å². The summed E-state index contributed by atoms with van der Waals surface area (Å²) in [6, 6.07) is 6.03. The van der Waals surface area contributed by atoms with Gasteiger partial charge in [-0.15, -0.1) is 0 Å². The lowest BCUT2D eigenvalue weighted by atomic mass is 10.0. The monoisotopic (exact) mass is 250 g/mol. The highest BCUT2D eigenvalue weighted by molar-refractivity contribution is 5.40. The number of hydrogen-bond acceptors (Lipinski definition) is 2. The molecule has 0 bridgehead atoms. The molecule has 0 fully saturated rings. The van der Waals surface area contributed by atoms with Gasteiger partial charge in [0.15, 0.2) is 0 Å². The summed E-state index contributed by atoms with van der Waals surface area (Å²) < 4.78 is 10.6. The third-order valence-electron chi connectivity index (χ3n) is 3.29. The molecule has 1 aromatic rings. The third kappa shape index (κ3) is 4.99. The van der Waals surface area contributed by atoms with Gasteiger partial charge in [-0.05, 0) is 36.6 Å². The van der Waals surface area contributed by atoms with Crippen molar-refractivity contribution in [2.24, 2.45) is 0 Å². The zero-order valence-electron chi connectivity index (χ0n) is 12.0. The summed E-state index contributed by atoms with van der Waals surface area (Å²) in [5.74, 6) is 1.89. The Hall–Kier alpha value is -1.18. The van der Waals surface area contributed by atoms with Crippen molar-refractivity contribution in [3.05, 3.63) is 23.8 Å². The van der Waals surface area contributed by atoms with Crippen LogP contribution in [0.1, 0.15) is 51.0 Å². The van der Waals surface area contributed by atoms with Crippen molar-refractivity contribution in [2.45, 2.75) is 51.9 Å². The van der Waals surface area contributed by atoms with Crippen LogP contribution in [0.2, 0.25) is 0 Å². The molecular formula is C16H26O2. The molecule has 1 rings (SSSR count). The van der Waals surface area contributed by atoms with Gasteiger partial charge >= 0.3 is 0 Å². The number of unbranched alkanes of at least 4 members (excludes halogenated alkanes) is 5. The minimum atomic E-state index is 0.914. The summed E-state index contributed by atoms with van der Waals surface area (Å²) in [5.41, 5.74) is 1.26. The second-order valence-corrected chi connectivity index (χ2v) is 4.70. The third-order valence-corrected chi connectivity index (χ3v) is 3.29. The molecule has 0 N–H and O–H groups in total. The molecule has 0 amide bonds. The number of rotatable bonds is 9. The van der Waals surface area contributed by atoms with E-state index in [2.05, 4.69) is 13.0 Å². The van der Waals surface area contributed by atoms with Crippen molar-refractivity contribution in [3.8, 4) is 11.5 Å². The smallest absolute Gasteiger partial charge is 0.122 e. The molecule has 0 unspecified atom stereocenters. The fraction of sp³-hybridized carbons (Fsp3) is 0.625. The molecular weight excluding hydrogens is 224 g/mol. The molecule has 0 heterocycles. The first-order valence-electron chi connectivity index (χ1n) is 7.02. The number of ether oxygens (including phenoxy) is 2. The predicted molar refractivity (Wildman–Crippen MR) is 76.6 cm³/mol. The Bertz CT molecular complexity index is 334. The number of aryl methyl sites for hydroxylation is 1. The lowest BCUT2D eigenvalue weighted by Crippen LogP contribution is -1.94. The summed E-state index contributed by atoms with van der Waals surface area (Å²) in [5, 5.41) is 0. The van der Waals surface area contributed by atoms with E-state index in [0.717, 1.165) is 17.9 Å². The molecule has 0 saturated heterocycles. The maximum Gasteiger partial charge on any atom is 0.122 e. The lowest BCUT2D eigenvalue weighted by molar-refractivity contribution is 0.398. The molecule has 0 saturated carbocycles. The zero-order valence-corrected chi connectivity index (χ0v) is 12.0. The van der Waals surface area contributed by atoms with E-state index in [4.69, 9.17) is 9.47 Å². The van der Waals surface area contributed by atoms with Gasteiger partial charge in [-0.2, -0.15) is 0 Å². The van der Waals surface area contributed by atoms with Gasteiger partial charge in [0.25, 0.3) is 0 Å². The molecule has 102 valence electrons. The molecule has 0 aliphatic carbocycles. The fourth-order valence-corrected chi connectivity index (χ4v) is 2.17. The van der Waals surface area contributed by atoms with Crippen LogP contribution in [-0.2, 0) is 6.42 Å². The molecule has 0 radical (unpaired) electrons. The van der Waals surface area contributed by atoms with Crippen molar-refractivity contribution in [2.75, 3.05) is 14.2 Å². The Morgan fingerprint density at radius 3 is 2.28 bits per heavy atom. The molecule has 0 aromatic heterocycles. The van der Waals surface area contributed by atoms with Gasteiger partial charge in [0.05, 0.1) is 14.2 Å². The van der Waals surface area contributed by atoms with Crippen molar-refractivity contribution in [1.82, 2.24) is 0 Å². The van der Waals surface area contributed by atoms with E-state index in [9.17, 15) is 0 Å². The van der Waals surface area contributed by atoms with Crippen molar-refractivity contribution in [3.63, 3.8) is 0 Å². The molecule has 2 nitrogen and oxygen atoms in total.